The minimum atomic E-state index is -0.397. The molecule has 1 rings (SSSR count). The van der Waals surface area contributed by atoms with Gasteiger partial charge >= 0.3 is 5.97 Å². The van der Waals surface area contributed by atoms with Gasteiger partial charge in [-0.25, -0.2) is 0 Å². The van der Waals surface area contributed by atoms with E-state index in [1.165, 1.54) is 7.11 Å². The second-order valence-corrected chi connectivity index (χ2v) is 4.40. The Balaban J connectivity index is 0. The van der Waals surface area contributed by atoms with Gasteiger partial charge in [0.15, 0.2) is 0 Å². The molecule has 0 bridgehead atoms. The topological polar surface area (TPSA) is 41.6 Å². The third kappa shape index (κ3) is 5.34. The van der Waals surface area contributed by atoms with Crippen LogP contribution in [0.25, 0.3) is 0 Å². The quantitative estimate of drug-likeness (QED) is 0.777. The highest BCUT2D eigenvalue weighted by Gasteiger charge is 2.31. The van der Waals surface area contributed by atoms with Crippen molar-refractivity contribution in [2.75, 3.05) is 39.8 Å². The highest BCUT2D eigenvalue weighted by Crippen LogP contribution is 2.18. The van der Waals surface area contributed by atoms with E-state index in [0.29, 0.717) is 0 Å². The van der Waals surface area contributed by atoms with E-state index in [-0.39, 0.29) is 30.8 Å². The Morgan fingerprint density at radius 3 is 2.25 bits per heavy atom. The number of carbonyl (C=O) groups excluding carboxylic acids is 1. The number of nitrogens with one attached hydrogen (secondary N) is 1. The zero-order valence-corrected chi connectivity index (χ0v) is 11.7. The van der Waals surface area contributed by atoms with Crippen LogP contribution in [0.3, 0.4) is 0 Å². The minimum Gasteiger partial charge on any atom is -0.469 e. The SMILES string of the molecule is COC(=O)C(C)(C)CN1CCNCC1.Cl.Cl. The fourth-order valence-electron chi connectivity index (χ4n) is 1.77. The average molecular weight is 273 g/mol. The Kier molecular flexibility index (Phi) is 9.30. The molecule has 1 aliphatic rings. The van der Waals surface area contributed by atoms with Gasteiger partial charge < -0.3 is 10.1 Å². The van der Waals surface area contributed by atoms with E-state index in [1.807, 2.05) is 13.8 Å². The number of hydrogen-bond acceptors (Lipinski definition) is 4. The van der Waals surface area contributed by atoms with Crippen LogP contribution in [-0.4, -0.2) is 50.7 Å². The van der Waals surface area contributed by atoms with Gasteiger partial charge in [0.25, 0.3) is 0 Å². The van der Waals surface area contributed by atoms with Crippen molar-refractivity contribution in [3.05, 3.63) is 0 Å². The van der Waals surface area contributed by atoms with E-state index >= 15 is 0 Å². The van der Waals surface area contributed by atoms with Crippen molar-refractivity contribution >= 4 is 30.8 Å². The summed E-state index contributed by atoms with van der Waals surface area (Å²) in [6, 6.07) is 0. The molecular weight excluding hydrogens is 251 g/mol. The molecule has 1 N–H and O–H groups in total. The van der Waals surface area contributed by atoms with Crippen LogP contribution in [0.2, 0.25) is 0 Å². The predicted octanol–water partition coefficient (Wildman–Crippen LogP) is 0.934. The van der Waals surface area contributed by atoms with Crippen LogP contribution in [0.5, 0.6) is 0 Å². The van der Waals surface area contributed by atoms with Gasteiger partial charge in [0.2, 0.25) is 0 Å². The monoisotopic (exact) mass is 272 g/mol. The first-order valence-electron chi connectivity index (χ1n) is 5.08. The minimum absolute atomic E-state index is 0. The normalized spacial score (nSPS) is 16.9. The summed E-state index contributed by atoms with van der Waals surface area (Å²) in [5.74, 6) is -0.129. The summed E-state index contributed by atoms with van der Waals surface area (Å²) >= 11 is 0. The number of piperazine rings is 1. The summed E-state index contributed by atoms with van der Waals surface area (Å²) < 4.78 is 4.78. The summed E-state index contributed by atoms with van der Waals surface area (Å²) in [5.41, 5.74) is -0.397. The van der Waals surface area contributed by atoms with Crippen LogP contribution in [0.4, 0.5) is 0 Å². The van der Waals surface area contributed by atoms with Crippen LogP contribution >= 0.6 is 24.8 Å². The lowest BCUT2D eigenvalue weighted by molar-refractivity contribution is -0.151. The molecule has 4 nitrogen and oxygen atoms in total. The highest BCUT2D eigenvalue weighted by molar-refractivity contribution is 5.85. The maximum Gasteiger partial charge on any atom is 0.312 e. The Hall–Kier alpha value is -0.0300. The number of nitrogens with zero attached hydrogens (tertiary/aromatic N) is 1. The van der Waals surface area contributed by atoms with Crippen molar-refractivity contribution in [2.45, 2.75) is 13.8 Å². The molecule has 0 atom stereocenters. The number of carbonyl (C=O) groups is 1. The fraction of sp³-hybridized carbons (Fsp3) is 0.900. The third-order valence-corrected chi connectivity index (χ3v) is 2.57. The van der Waals surface area contributed by atoms with E-state index in [9.17, 15) is 4.79 Å². The summed E-state index contributed by atoms with van der Waals surface area (Å²) in [5, 5.41) is 3.29. The largest absolute Gasteiger partial charge is 0.469 e. The molecule has 98 valence electrons. The van der Waals surface area contributed by atoms with Gasteiger partial charge in [-0.15, -0.1) is 24.8 Å². The maximum atomic E-state index is 11.4. The summed E-state index contributed by atoms with van der Waals surface area (Å²) in [4.78, 5) is 13.7. The molecule has 0 aromatic rings. The second-order valence-electron chi connectivity index (χ2n) is 4.40. The first-order valence-corrected chi connectivity index (χ1v) is 5.08. The standard InChI is InChI=1S/C10H20N2O2.2ClH/c1-10(2,9(13)14-3)8-12-6-4-11-5-7-12;;/h11H,4-8H2,1-3H3;2*1H. The van der Waals surface area contributed by atoms with Gasteiger partial charge in [0.1, 0.15) is 0 Å². The van der Waals surface area contributed by atoms with Gasteiger partial charge in [-0.1, -0.05) is 0 Å². The smallest absolute Gasteiger partial charge is 0.312 e. The zero-order chi connectivity index (χ0) is 10.6. The number of ether oxygens (including phenoxy) is 1. The second kappa shape index (κ2) is 8.12. The molecule has 0 radical (unpaired) electrons. The zero-order valence-electron chi connectivity index (χ0n) is 10.1. The van der Waals surface area contributed by atoms with Crippen molar-refractivity contribution in [3.63, 3.8) is 0 Å². The van der Waals surface area contributed by atoms with Gasteiger partial charge in [0.05, 0.1) is 12.5 Å². The molecule has 0 aliphatic carbocycles. The Morgan fingerprint density at radius 2 is 1.81 bits per heavy atom. The molecule has 0 aromatic heterocycles. The first kappa shape index (κ1) is 18.3. The van der Waals surface area contributed by atoms with Crippen LogP contribution in [0.1, 0.15) is 13.8 Å². The van der Waals surface area contributed by atoms with Crippen molar-refractivity contribution in [1.82, 2.24) is 10.2 Å². The van der Waals surface area contributed by atoms with E-state index in [1.54, 1.807) is 0 Å². The van der Waals surface area contributed by atoms with Gasteiger partial charge in [0, 0.05) is 32.7 Å². The van der Waals surface area contributed by atoms with Gasteiger partial charge in [-0.2, -0.15) is 0 Å². The van der Waals surface area contributed by atoms with Crippen molar-refractivity contribution in [3.8, 4) is 0 Å². The van der Waals surface area contributed by atoms with E-state index < -0.39 is 5.41 Å². The Morgan fingerprint density at radius 1 is 1.31 bits per heavy atom. The molecule has 0 spiro atoms. The number of methoxy groups -OCH3 is 1. The third-order valence-electron chi connectivity index (χ3n) is 2.57. The Labute approximate surface area is 110 Å². The maximum absolute atomic E-state index is 11.4. The molecule has 1 aliphatic heterocycles. The molecule has 0 unspecified atom stereocenters. The van der Waals surface area contributed by atoms with Crippen LogP contribution in [-0.2, 0) is 9.53 Å². The number of hydrogen-bond donors (Lipinski definition) is 1. The molecule has 6 heteroatoms. The lowest BCUT2D eigenvalue weighted by atomic mass is 9.93. The molecule has 1 heterocycles. The van der Waals surface area contributed by atoms with E-state index in [0.717, 1.165) is 32.7 Å². The van der Waals surface area contributed by atoms with Gasteiger partial charge in [-0.05, 0) is 13.8 Å². The number of rotatable bonds is 3. The summed E-state index contributed by atoms with van der Waals surface area (Å²) in [6.07, 6.45) is 0. The first-order chi connectivity index (χ1) is 6.56. The van der Waals surface area contributed by atoms with Crippen molar-refractivity contribution in [1.29, 1.82) is 0 Å². The fourth-order valence-corrected chi connectivity index (χ4v) is 1.77. The number of esters is 1. The molecule has 0 saturated carbocycles. The average Bonchev–Trinajstić information content (AvgIpc) is 2.17. The molecular formula is C10H22Cl2N2O2. The van der Waals surface area contributed by atoms with Crippen molar-refractivity contribution in [2.24, 2.45) is 5.41 Å². The van der Waals surface area contributed by atoms with E-state index in [2.05, 4.69) is 10.2 Å². The number of halogens is 2. The highest BCUT2D eigenvalue weighted by atomic mass is 35.5. The van der Waals surface area contributed by atoms with Crippen LogP contribution < -0.4 is 5.32 Å². The summed E-state index contributed by atoms with van der Waals surface area (Å²) in [7, 11) is 1.45. The molecule has 0 aromatic carbocycles. The van der Waals surface area contributed by atoms with Crippen LogP contribution in [0, 0.1) is 5.41 Å². The molecule has 16 heavy (non-hydrogen) atoms. The van der Waals surface area contributed by atoms with Crippen LogP contribution in [0.15, 0.2) is 0 Å². The molecule has 0 amide bonds. The molecule has 1 fully saturated rings. The lowest BCUT2D eigenvalue weighted by Gasteiger charge is -2.33. The van der Waals surface area contributed by atoms with Gasteiger partial charge in [-0.3, -0.25) is 9.69 Å². The predicted molar refractivity (Wildman–Crippen MR) is 69.6 cm³/mol. The van der Waals surface area contributed by atoms with Crippen molar-refractivity contribution < 1.29 is 9.53 Å². The Bertz CT molecular complexity index is 207. The van der Waals surface area contributed by atoms with E-state index in [4.69, 9.17) is 4.74 Å². The summed E-state index contributed by atoms with van der Waals surface area (Å²) in [6.45, 7) is 8.69. The molecule has 1 saturated heterocycles. The lowest BCUT2D eigenvalue weighted by Crippen LogP contribution is -2.48.